The lowest BCUT2D eigenvalue weighted by molar-refractivity contribution is -0.870. The minimum atomic E-state index is -3.36. The third kappa shape index (κ3) is 10.8. The van der Waals surface area contributed by atoms with Gasteiger partial charge in [0.2, 0.25) is 0 Å². The van der Waals surface area contributed by atoms with E-state index in [2.05, 4.69) is 21.1 Å². The summed E-state index contributed by atoms with van der Waals surface area (Å²) >= 11 is 0. The molecule has 132 valence electrons. The van der Waals surface area contributed by atoms with Crippen LogP contribution in [-0.2, 0) is 9.09 Å². The van der Waals surface area contributed by atoms with Crippen molar-refractivity contribution >= 4 is 7.60 Å². The Labute approximate surface area is 137 Å². The lowest BCUT2D eigenvalue weighted by Gasteiger charge is -2.24. The zero-order valence-electron chi connectivity index (χ0n) is 14.9. The number of rotatable bonds is 11. The molecule has 1 aliphatic rings. The molecule has 0 aliphatic heterocycles. The van der Waals surface area contributed by atoms with Crippen molar-refractivity contribution in [1.29, 1.82) is 0 Å². The van der Waals surface area contributed by atoms with Crippen molar-refractivity contribution in [2.24, 2.45) is 5.92 Å². The van der Waals surface area contributed by atoms with Gasteiger partial charge in [0.1, 0.15) is 13.2 Å². The summed E-state index contributed by atoms with van der Waals surface area (Å²) < 4.78 is 17.9. The first-order valence-electron chi connectivity index (χ1n) is 9.05. The number of unbranched alkanes of at least 4 members (excludes halogenated alkanes) is 3. The maximum absolute atomic E-state index is 11.9. The van der Waals surface area contributed by atoms with E-state index in [1.54, 1.807) is 0 Å². The molecule has 1 atom stereocenters. The number of nitrogens with zero attached hydrogens (tertiary/aromatic N) is 1. The summed E-state index contributed by atoms with van der Waals surface area (Å²) in [5, 5.41) is 0. The van der Waals surface area contributed by atoms with Crippen molar-refractivity contribution in [3.05, 3.63) is 0 Å². The third-order valence-corrected chi connectivity index (χ3v) is 6.05. The van der Waals surface area contributed by atoms with Gasteiger partial charge in [-0.15, -0.1) is 0 Å². The molecular weight excluding hydrogens is 297 g/mol. The van der Waals surface area contributed by atoms with Gasteiger partial charge in [0.05, 0.1) is 21.1 Å². The van der Waals surface area contributed by atoms with E-state index >= 15 is 0 Å². The summed E-state index contributed by atoms with van der Waals surface area (Å²) in [6, 6.07) is 0. The zero-order chi connectivity index (χ0) is 16.5. The Morgan fingerprint density at radius 2 is 1.68 bits per heavy atom. The van der Waals surface area contributed by atoms with Gasteiger partial charge < -0.3 is 13.9 Å². The number of likely N-dealkylation sites (N-methyl/N-ethyl adjacent to an activating group) is 1. The normalized spacial score (nSPS) is 20.0. The second kappa shape index (κ2) is 10.1. The lowest BCUT2D eigenvalue weighted by atomic mass is 9.85. The maximum atomic E-state index is 11.9. The molecule has 4 nitrogen and oxygen atoms in total. The molecule has 0 aromatic rings. The molecule has 0 saturated heterocycles. The fourth-order valence-electron chi connectivity index (χ4n) is 3.10. The zero-order valence-corrected chi connectivity index (χ0v) is 15.8. The van der Waals surface area contributed by atoms with Gasteiger partial charge in [-0.1, -0.05) is 57.8 Å². The quantitative estimate of drug-likeness (QED) is 0.345. The van der Waals surface area contributed by atoms with E-state index in [4.69, 9.17) is 4.52 Å². The second-order valence-electron chi connectivity index (χ2n) is 7.92. The summed E-state index contributed by atoms with van der Waals surface area (Å²) in [4.78, 5) is 9.80. The third-order valence-electron chi connectivity index (χ3n) is 4.58. The van der Waals surface area contributed by atoms with Crippen LogP contribution < -0.4 is 0 Å². The van der Waals surface area contributed by atoms with E-state index in [0.717, 1.165) is 29.8 Å². The molecule has 1 unspecified atom stereocenters. The number of hydrogen-bond acceptors (Lipinski definition) is 2. The van der Waals surface area contributed by atoms with Crippen LogP contribution in [0.3, 0.4) is 0 Å². The van der Waals surface area contributed by atoms with E-state index in [1.165, 1.54) is 51.4 Å². The average molecular weight is 334 g/mol. The predicted molar refractivity (Wildman–Crippen MR) is 93.2 cm³/mol. The van der Waals surface area contributed by atoms with Crippen molar-refractivity contribution in [3.8, 4) is 0 Å². The van der Waals surface area contributed by atoms with Gasteiger partial charge in [-0.05, 0) is 12.3 Å². The molecular formula is C17H37NO3P+. The van der Waals surface area contributed by atoms with Gasteiger partial charge in [0.15, 0.2) is 0 Å². The van der Waals surface area contributed by atoms with E-state index in [0.29, 0.717) is 12.8 Å². The molecule has 0 spiro atoms. The summed E-state index contributed by atoms with van der Waals surface area (Å²) in [6.07, 6.45) is 13.1. The van der Waals surface area contributed by atoms with Gasteiger partial charge in [-0.25, -0.2) is 0 Å². The van der Waals surface area contributed by atoms with Crippen molar-refractivity contribution in [2.45, 2.75) is 64.2 Å². The minimum absolute atomic E-state index is 0.313. The van der Waals surface area contributed by atoms with Crippen molar-refractivity contribution in [1.82, 2.24) is 0 Å². The Kier molecular flexibility index (Phi) is 9.23. The molecule has 1 rings (SSSR count). The lowest BCUT2D eigenvalue weighted by Crippen LogP contribution is -2.37. The molecule has 1 N–H and O–H groups in total. The van der Waals surface area contributed by atoms with Crippen molar-refractivity contribution in [3.63, 3.8) is 0 Å². The molecule has 0 aromatic heterocycles. The molecule has 1 fully saturated rings. The van der Waals surface area contributed by atoms with Crippen LogP contribution in [0.15, 0.2) is 0 Å². The summed E-state index contributed by atoms with van der Waals surface area (Å²) in [7, 11) is 2.80. The van der Waals surface area contributed by atoms with Crippen LogP contribution in [0.1, 0.15) is 64.2 Å². The Bertz CT molecular complexity index is 335. The first-order valence-corrected chi connectivity index (χ1v) is 10.8. The van der Waals surface area contributed by atoms with Crippen LogP contribution in [0.5, 0.6) is 0 Å². The molecule has 0 amide bonds. The van der Waals surface area contributed by atoms with Crippen LogP contribution in [0, 0.1) is 5.92 Å². The highest BCUT2D eigenvalue weighted by Gasteiger charge is 2.20. The Morgan fingerprint density at radius 3 is 2.32 bits per heavy atom. The fourth-order valence-corrected chi connectivity index (χ4v) is 4.22. The first-order chi connectivity index (χ1) is 10.3. The van der Waals surface area contributed by atoms with Crippen LogP contribution in [0.2, 0.25) is 0 Å². The van der Waals surface area contributed by atoms with E-state index in [1.807, 2.05) is 0 Å². The van der Waals surface area contributed by atoms with Gasteiger partial charge in [0, 0.05) is 6.16 Å². The number of quaternary nitrogens is 1. The molecule has 0 radical (unpaired) electrons. The number of hydrogen-bond donors (Lipinski definition) is 1. The second-order valence-corrected chi connectivity index (χ2v) is 9.90. The molecule has 0 aromatic carbocycles. The summed E-state index contributed by atoms with van der Waals surface area (Å²) in [5.74, 6) is 0.955. The van der Waals surface area contributed by atoms with Crippen molar-refractivity contribution < 1.29 is 18.5 Å². The highest BCUT2D eigenvalue weighted by molar-refractivity contribution is 7.52. The van der Waals surface area contributed by atoms with Crippen LogP contribution in [0.4, 0.5) is 0 Å². The molecule has 5 heteroatoms. The summed E-state index contributed by atoms with van der Waals surface area (Å²) in [5.41, 5.74) is 0. The largest absolute Gasteiger partial charge is 0.329 e. The van der Waals surface area contributed by atoms with Crippen molar-refractivity contribution in [2.75, 3.05) is 40.5 Å². The molecule has 0 bridgehead atoms. The maximum Gasteiger partial charge on any atom is 0.328 e. The van der Waals surface area contributed by atoms with Gasteiger partial charge in [-0.2, -0.15) is 0 Å². The fraction of sp³-hybridized carbons (Fsp3) is 1.00. The standard InChI is InChI=1S/C17H36NO3P/c1-18(2,3)14-15-21-22(19,20)16-10-5-4-7-11-17-12-8-6-9-13-17/h17H,4-16H2,1-3H3/p+1. The molecule has 0 heterocycles. The first kappa shape index (κ1) is 20.2. The predicted octanol–water partition coefficient (Wildman–Crippen LogP) is 4.43. The Morgan fingerprint density at radius 1 is 1.05 bits per heavy atom. The Balaban J connectivity index is 1.99. The van der Waals surface area contributed by atoms with Gasteiger partial charge in [-0.3, -0.25) is 4.57 Å². The molecule has 1 aliphatic carbocycles. The van der Waals surface area contributed by atoms with E-state index < -0.39 is 7.60 Å². The minimum Gasteiger partial charge on any atom is -0.329 e. The topological polar surface area (TPSA) is 46.5 Å². The molecule has 22 heavy (non-hydrogen) atoms. The summed E-state index contributed by atoms with van der Waals surface area (Å²) in [6.45, 7) is 1.12. The van der Waals surface area contributed by atoms with E-state index in [9.17, 15) is 9.46 Å². The van der Waals surface area contributed by atoms with Crippen LogP contribution in [-0.4, -0.2) is 49.8 Å². The van der Waals surface area contributed by atoms with Gasteiger partial charge in [0.25, 0.3) is 0 Å². The van der Waals surface area contributed by atoms with Gasteiger partial charge >= 0.3 is 7.60 Å². The molecule has 1 saturated carbocycles. The monoisotopic (exact) mass is 334 g/mol. The highest BCUT2D eigenvalue weighted by Crippen LogP contribution is 2.42. The Hall–Kier alpha value is 0.110. The van der Waals surface area contributed by atoms with E-state index in [-0.39, 0.29) is 0 Å². The SMILES string of the molecule is C[N+](C)(C)CCOP(=O)(O)CCCCCCC1CCCCC1. The highest BCUT2D eigenvalue weighted by atomic mass is 31.2. The van der Waals surface area contributed by atoms with Crippen LogP contribution in [0.25, 0.3) is 0 Å². The van der Waals surface area contributed by atoms with Crippen LogP contribution >= 0.6 is 7.60 Å². The average Bonchev–Trinajstić information content (AvgIpc) is 2.42. The smallest absolute Gasteiger partial charge is 0.328 e.